The Bertz CT molecular complexity index is 822. The van der Waals surface area contributed by atoms with E-state index in [-0.39, 0.29) is 24.0 Å². The monoisotopic (exact) mass is 394 g/mol. The van der Waals surface area contributed by atoms with Crippen LogP contribution in [0.25, 0.3) is 0 Å². The van der Waals surface area contributed by atoms with Crippen molar-refractivity contribution >= 4 is 17.6 Å². The van der Waals surface area contributed by atoms with E-state index in [2.05, 4.69) is 14.8 Å². The van der Waals surface area contributed by atoms with Crippen LogP contribution < -0.4 is 15.0 Å². The molecule has 9 heteroatoms. The van der Waals surface area contributed by atoms with Crippen molar-refractivity contribution in [3.8, 4) is 5.75 Å². The molecular weight excluding hydrogens is 374 g/mol. The average Bonchev–Trinajstić information content (AvgIpc) is 3.16. The molecule has 150 valence electrons. The van der Waals surface area contributed by atoms with Crippen molar-refractivity contribution in [3.63, 3.8) is 0 Å². The lowest BCUT2D eigenvalue weighted by Crippen LogP contribution is -2.50. The van der Waals surface area contributed by atoms with Crippen molar-refractivity contribution in [2.24, 2.45) is 0 Å². The van der Waals surface area contributed by atoms with Gasteiger partial charge in [-0.1, -0.05) is 0 Å². The van der Waals surface area contributed by atoms with Gasteiger partial charge < -0.3 is 18.8 Å². The Hall–Kier alpha value is -2.94. The number of alkyl halides is 2. The lowest BCUT2D eigenvalue weighted by atomic mass is 10.0. The molecule has 0 saturated carbocycles. The van der Waals surface area contributed by atoms with E-state index in [4.69, 9.17) is 4.42 Å². The third-order valence-electron chi connectivity index (χ3n) is 4.38. The second kappa shape index (κ2) is 8.83. The molecule has 28 heavy (non-hydrogen) atoms. The molecule has 0 aliphatic carbocycles. The van der Waals surface area contributed by atoms with Crippen LogP contribution in [0.1, 0.15) is 29.2 Å². The van der Waals surface area contributed by atoms with Gasteiger partial charge in [-0.3, -0.25) is 10.1 Å². The van der Waals surface area contributed by atoms with E-state index in [1.54, 1.807) is 23.1 Å². The number of furan rings is 1. The topological polar surface area (TPSA) is 81.0 Å². The molecule has 1 atom stereocenters. The molecule has 2 heterocycles. The molecule has 1 fully saturated rings. The second-order valence-electron chi connectivity index (χ2n) is 6.20. The van der Waals surface area contributed by atoms with Crippen LogP contribution in [0.2, 0.25) is 0 Å². The molecule has 1 saturated heterocycles. The Labute approximate surface area is 160 Å². The van der Waals surface area contributed by atoms with Gasteiger partial charge in [-0.05, 0) is 49.2 Å². The number of benzene rings is 1. The van der Waals surface area contributed by atoms with Gasteiger partial charge in [0.2, 0.25) is 11.7 Å². The summed E-state index contributed by atoms with van der Waals surface area (Å²) in [5, 5.41) is 3.13. The van der Waals surface area contributed by atoms with Gasteiger partial charge in [0.1, 0.15) is 11.5 Å². The van der Waals surface area contributed by atoms with E-state index < -0.39 is 18.6 Å². The van der Waals surface area contributed by atoms with Crippen molar-refractivity contribution in [2.45, 2.75) is 32.0 Å². The largest absolute Gasteiger partial charge is 0.463 e. The van der Waals surface area contributed by atoms with Gasteiger partial charge in [-0.15, -0.1) is 0 Å². The molecule has 1 N–H and O–H groups in total. The molecule has 1 aromatic heterocycles. The number of nitrogens with zero attached hydrogens (tertiary/aromatic N) is 1. The van der Waals surface area contributed by atoms with Crippen LogP contribution >= 0.6 is 0 Å². The lowest BCUT2D eigenvalue weighted by molar-refractivity contribution is -0.121. The van der Waals surface area contributed by atoms with Crippen LogP contribution in [0, 0.1) is 0 Å². The van der Waals surface area contributed by atoms with E-state index in [1.165, 1.54) is 25.3 Å². The number of anilines is 1. The van der Waals surface area contributed by atoms with Gasteiger partial charge in [-0.2, -0.15) is 8.78 Å². The number of hydrogen-bond acceptors (Lipinski definition) is 6. The average molecular weight is 394 g/mol. The highest BCUT2D eigenvalue weighted by Crippen LogP contribution is 2.25. The van der Waals surface area contributed by atoms with Crippen LogP contribution in [-0.4, -0.2) is 38.2 Å². The number of carbonyl (C=O) groups excluding carboxylic acids is 2. The fourth-order valence-electron chi connectivity index (χ4n) is 3.04. The van der Waals surface area contributed by atoms with Crippen molar-refractivity contribution in [1.82, 2.24) is 5.32 Å². The van der Waals surface area contributed by atoms with E-state index in [0.29, 0.717) is 24.4 Å². The number of hydrogen-bond donors (Lipinski definition) is 1. The maximum Gasteiger partial charge on any atom is 0.387 e. The number of rotatable bonds is 7. The first kappa shape index (κ1) is 19.8. The Morgan fingerprint density at radius 1 is 1.29 bits per heavy atom. The van der Waals surface area contributed by atoms with Gasteiger partial charge in [0.05, 0.1) is 19.7 Å². The zero-order chi connectivity index (χ0) is 20.1. The summed E-state index contributed by atoms with van der Waals surface area (Å²) in [6.45, 7) is -2.07. The number of halogens is 2. The Morgan fingerprint density at radius 3 is 2.71 bits per heavy atom. The normalized spacial score (nSPS) is 17.1. The summed E-state index contributed by atoms with van der Waals surface area (Å²) in [5.74, 6) is -0.0306. The predicted octanol–water partition coefficient (Wildman–Crippen LogP) is 2.95. The molecule has 1 aromatic carbocycles. The summed E-state index contributed by atoms with van der Waals surface area (Å²) in [5.41, 5.74) is 0.615. The molecular formula is C19H20F2N2O5. The molecule has 7 nitrogen and oxygen atoms in total. The van der Waals surface area contributed by atoms with Gasteiger partial charge in [0, 0.05) is 12.2 Å². The first-order chi connectivity index (χ1) is 13.5. The molecule has 1 aliphatic heterocycles. The lowest BCUT2D eigenvalue weighted by Gasteiger charge is -2.32. The third kappa shape index (κ3) is 4.66. The highest BCUT2D eigenvalue weighted by atomic mass is 19.3. The van der Waals surface area contributed by atoms with Gasteiger partial charge in [-0.25, -0.2) is 4.79 Å². The summed E-state index contributed by atoms with van der Waals surface area (Å²) in [6, 6.07) is 8.71. The third-order valence-corrected chi connectivity index (χ3v) is 4.38. The first-order valence-electron chi connectivity index (χ1n) is 8.74. The first-order valence-corrected chi connectivity index (χ1v) is 8.74. The van der Waals surface area contributed by atoms with E-state index >= 15 is 0 Å². The minimum absolute atomic E-state index is 0.0390. The van der Waals surface area contributed by atoms with Gasteiger partial charge in [0.25, 0.3) is 0 Å². The van der Waals surface area contributed by atoms with E-state index in [0.717, 1.165) is 6.42 Å². The molecule has 3 rings (SSSR count). The quantitative estimate of drug-likeness (QED) is 0.728. The number of piperidine rings is 1. The number of nitrogens with one attached hydrogen (secondary N) is 1. The second-order valence-corrected chi connectivity index (χ2v) is 6.20. The fourth-order valence-corrected chi connectivity index (χ4v) is 3.04. The van der Waals surface area contributed by atoms with Crippen LogP contribution in [0.3, 0.4) is 0 Å². The summed E-state index contributed by atoms with van der Waals surface area (Å²) >= 11 is 0. The Morgan fingerprint density at radius 2 is 2.04 bits per heavy atom. The minimum atomic E-state index is -2.89. The summed E-state index contributed by atoms with van der Waals surface area (Å²) in [4.78, 5) is 25.8. The van der Waals surface area contributed by atoms with Gasteiger partial charge >= 0.3 is 12.6 Å². The summed E-state index contributed by atoms with van der Waals surface area (Å²) in [7, 11) is 1.27. The van der Waals surface area contributed by atoms with Crippen molar-refractivity contribution < 1.29 is 32.3 Å². The standard InChI is InChI=1S/C19H20F2N2O5/c1-26-18(25)16-9-8-14(27-16)11-22-15-3-2-10-23(17(15)24)12-4-6-13(7-5-12)28-19(20)21/h4-9,15,19,22H,2-3,10-11H2,1H3. The summed E-state index contributed by atoms with van der Waals surface area (Å²) < 4.78 is 38.8. The van der Waals surface area contributed by atoms with Crippen LogP contribution in [0.15, 0.2) is 40.8 Å². The smallest absolute Gasteiger partial charge is 0.387 e. The number of methoxy groups -OCH3 is 1. The van der Waals surface area contributed by atoms with Gasteiger partial charge in [0.15, 0.2) is 0 Å². The SMILES string of the molecule is COC(=O)c1ccc(CNC2CCCN(c3ccc(OC(F)F)cc3)C2=O)o1. The summed E-state index contributed by atoms with van der Waals surface area (Å²) in [6.07, 6.45) is 1.44. The number of ether oxygens (including phenoxy) is 2. The highest BCUT2D eigenvalue weighted by molar-refractivity contribution is 5.98. The highest BCUT2D eigenvalue weighted by Gasteiger charge is 2.29. The Balaban J connectivity index is 1.60. The van der Waals surface area contributed by atoms with Crippen molar-refractivity contribution in [1.29, 1.82) is 0 Å². The van der Waals surface area contributed by atoms with Crippen molar-refractivity contribution in [3.05, 3.63) is 47.9 Å². The maximum absolute atomic E-state index is 12.8. The van der Waals surface area contributed by atoms with Crippen LogP contribution in [-0.2, 0) is 16.1 Å². The fraction of sp³-hybridized carbons (Fsp3) is 0.368. The molecule has 0 spiro atoms. The maximum atomic E-state index is 12.8. The minimum Gasteiger partial charge on any atom is -0.463 e. The molecule has 2 aromatic rings. The number of amides is 1. The van der Waals surface area contributed by atoms with E-state index in [9.17, 15) is 18.4 Å². The number of esters is 1. The predicted molar refractivity (Wildman–Crippen MR) is 95.3 cm³/mol. The molecule has 1 unspecified atom stereocenters. The molecule has 1 aliphatic rings. The zero-order valence-electron chi connectivity index (χ0n) is 15.2. The van der Waals surface area contributed by atoms with E-state index in [1.807, 2.05) is 0 Å². The molecule has 0 radical (unpaired) electrons. The molecule has 0 bridgehead atoms. The zero-order valence-corrected chi connectivity index (χ0v) is 15.2. The Kier molecular flexibility index (Phi) is 6.25. The van der Waals surface area contributed by atoms with Crippen LogP contribution in [0.4, 0.5) is 14.5 Å². The van der Waals surface area contributed by atoms with Crippen molar-refractivity contribution in [2.75, 3.05) is 18.6 Å². The number of carbonyl (C=O) groups is 2. The van der Waals surface area contributed by atoms with Crippen LogP contribution in [0.5, 0.6) is 5.75 Å². The molecule has 1 amide bonds.